The van der Waals surface area contributed by atoms with Gasteiger partial charge in [-0.25, -0.2) is 4.39 Å². The van der Waals surface area contributed by atoms with Crippen molar-refractivity contribution in [1.82, 2.24) is 10.7 Å². The molecule has 2 aromatic carbocycles. The monoisotopic (exact) mass is 560 g/mol. The van der Waals surface area contributed by atoms with E-state index < -0.39 is 6.04 Å². The molecule has 0 radical (unpaired) electrons. The van der Waals surface area contributed by atoms with Gasteiger partial charge in [0.05, 0.1) is 25.5 Å². The minimum atomic E-state index is -0.703. The Morgan fingerprint density at radius 1 is 1.07 bits per heavy atom. The zero-order chi connectivity index (χ0) is 29.3. The molecule has 0 fully saturated rings. The van der Waals surface area contributed by atoms with Gasteiger partial charge in [-0.2, -0.15) is 0 Å². The largest absolute Gasteiger partial charge is 0.493 e. The molecule has 10 heteroatoms. The highest BCUT2D eigenvalue weighted by Crippen LogP contribution is 2.20. The van der Waals surface area contributed by atoms with E-state index in [-0.39, 0.29) is 36.0 Å². The number of carbonyl (C=O) groups is 2. The molecule has 2 aromatic rings. The molecule has 2 amide bonds. The minimum absolute atomic E-state index is 0.0762. The molecule has 0 aliphatic rings. The van der Waals surface area contributed by atoms with E-state index in [4.69, 9.17) is 19.9 Å². The smallest absolute Gasteiger partial charge is 0.261 e. The van der Waals surface area contributed by atoms with E-state index in [2.05, 4.69) is 16.2 Å². The van der Waals surface area contributed by atoms with Gasteiger partial charge in [0.15, 0.2) is 0 Å². The zero-order valence-corrected chi connectivity index (χ0v) is 24.1. The lowest BCUT2D eigenvalue weighted by molar-refractivity contribution is -0.130. The first-order valence-corrected chi connectivity index (χ1v) is 13.9. The molecule has 0 saturated carbocycles. The number of hydrazine groups is 1. The number of rotatable bonds is 19. The number of benzene rings is 2. The van der Waals surface area contributed by atoms with Crippen LogP contribution in [0.5, 0.6) is 5.75 Å². The third-order valence-electron chi connectivity index (χ3n) is 6.57. The van der Waals surface area contributed by atoms with Crippen LogP contribution < -0.4 is 26.6 Å². The van der Waals surface area contributed by atoms with Crippen LogP contribution in [0.3, 0.4) is 0 Å². The molecule has 9 nitrogen and oxygen atoms in total. The van der Waals surface area contributed by atoms with Gasteiger partial charge in [-0.3, -0.25) is 20.4 Å². The Bertz CT molecular complexity index is 1040. The predicted octanol–water partition coefficient (Wildman–Crippen LogP) is 4.24. The first kappa shape index (κ1) is 33.0. The fourth-order valence-corrected chi connectivity index (χ4v) is 3.90. The van der Waals surface area contributed by atoms with Crippen molar-refractivity contribution < 1.29 is 28.2 Å². The Morgan fingerprint density at radius 3 is 2.52 bits per heavy atom. The molecule has 0 aliphatic carbocycles. The molecule has 0 saturated heterocycles. The first-order chi connectivity index (χ1) is 19.2. The highest BCUT2D eigenvalue weighted by atomic mass is 19.1. The van der Waals surface area contributed by atoms with Crippen molar-refractivity contribution in [2.75, 3.05) is 32.4 Å². The highest BCUT2D eigenvalue weighted by Gasteiger charge is 2.25. The summed E-state index contributed by atoms with van der Waals surface area (Å²) in [5.41, 5.74) is 14.2. The van der Waals surface area contributed by atoms with E-state index in [9.17, 15) is 14.0 Å². The first-order valence-electron chi connectivity index (χ1n) is 13.9. The molecule has 40 heavy (non-hydrogen) atoms. The molecule has 3 unspecified atom stereocenters. The molecule has 2 rings (SSSR count). The second-order valence-corrected chi connectivity index (χ2v) is 10.0. The Kier molecular flexibility index (Phi) is 15.0. The molecule has 0 aromatic heterocycles. The van der Waals surface area contributed by atoms with E-state index in [1.807, 2.05) is 39.0 Å². The SMILES string of the molecule is CCC(C)C(NC(=O)CCCC(N)COCc1ccc(C)c(OCCCOC)c1)C(=O)NNc1ccc(F)cc1. The van der Waals surface area contributed by atoms with Crippen LogP contribution in [0.4, 0.5) is 10.1 Å². The summed E-state index contributed by atoms with van der Waals surface area (Å²) in [5.74, 6) is -0.187. The maximum Gasteiger partial charge on any atom is 0.261 e. The van der Waals surface area contributed by atoms with E-state index in [1.54, 1.807) is 7.11 Å². The number of carbonyl (C=O) groups excluding carboxylic acids is 2. The Hall–Kier alpha value is -3.21. The average Bonchev–Trinajstić information content (AvgIpc) is 2.94. The number of nitrogens with one attached hydrogen (secondary N) is 3. The summed E-state index contributed by atoms with van der Waals surface area (Å²) < 4.78 is 29.8. The van der Waals surface area contributed by atoms with Crippen molar-refractivity contribution in [3.8, 4) is 5.75 Å². The summed E-state index contributed by atoms with van der Waals surface area (Å²) in [7, 11) is 1.67. The summed E-state index contributed by atoms with van der Waals surface area (Å²) in [4.78, 5) is 25.3. The summed E-state index contributed by atoms with van der Waals surface area (Å²) >= 11 is 0. The van der Waals surface area contributed by atoms with Crippen molar-refractivity contribution in [2.24, 2.45) is 11.7 Å². The molecule has 5 N–H and O–H groups in total. The van der Waals surface area contributed by atoms with Crippen LogP contribution in [-0.2, 0) is 25.7 Å². The number of ether oxygens (including phenoxy) is 3. The number of nitrogens with two attached hydrogens (primary N) is 1. The van der Waals surface area contributed by atoms with Crippen LogP contribution in [0.15, 0.2) is 42.5 Å². The molecule has 222 valence electrons. The third kappa shape index (κ3) is 12.3. The lowest BCUT2D eigenvalue weighted by atomic mass is 9.98. The molecular formula is C30H45FN4O5. The fourth-order valence-electron chi connectivity index (χ4n) is 3.90. The van der Waals surface area contributed by atoms with E-state index in [1.165, 1.54) is 24.3 Å². The number of hydrogen-bond donors (Lipinski definition) is 4. The van der Waals surface area contributed by atoms with Gasteiger partial charge < -0.3 is 25.3 Å². The van der Waals surface area contributed by atoms with E-state index in [0.717, 1.165) is 23.3 Å². The fraction of sp³-hybridized carbons (Fsp3) is 0.533. The van der Waals surface area contributed by atoms with Crippen LogP contribution in [0.25, 0.3) is 0 Å². The summed E-state index contributed by atoms with van der Waals surface area (Å²) in [6, 6.07) is 10.7. The minimum Gasteiger partial charge on any atom is -0.493 e. The number of anilines is 1. The molecule has 3 atom stereocenters. The Morgan fingerprint density at radius 2 is 1.82 bits per heavy atom. The molecular weight excluding hydrogens is 515 g/mol. The lowest BCUT2D eigenvalue weighted by Gasteiger charge is -2.24. The molecule has 0 aliphatic heterocycles. The highest BCUT2D eigenvalue weighted by molar-refractivity contribution is 5.88. The summed E-state index contributed by atoms with van der Waals surface area (Å²) in [6.07, 6.45) is 2.97. The van der Waals surface area contributed by atoms with Crippen LogP contribution in [0.1, 0.15) is 57.1 Å². The normalized spacial score (nSPS) is 13.2. The van der Waals surface area contributed by atoms with Gasteiger partial charge >= 0.3 is 0 Å². The summed E-state index contributed by atoms with van der Waals surface area (Å²) in [5, 5.41) is 2.84. The van der Waals surface area contributed by atoms with Gasteiger partial charge in [0.1, 0.15) is 17.6 Å². The molecule has 0 bridgehead atoms. The maximum absolute atomic E-state index is 13.1. The van der Waals surface area contributed by atoms with Crippen LogP contribution >= 0.6 is 0 Å². The number of aryl methyl sites for hydroxylation is 1. The molecule has 0 spiro atoms. The zero-order valence-electron chi connectivity index (χ0n) is 24.1. The lowest BCUT2D eigenvalue weighted by Crippen LogP contribution is -2.51. The van der Waals surface area contributed by atoms with Crippen LogP contribution in [0.2, 0.25) is 0 Å². The van der Waals surface area contributed by atoms with Crippen LogP contribution in [-0.4, -0.2) is 50.8 Å². The summed E-state index contributed by atoms with van der Waals surface area (Å²) in [6.45, 7) is 7.90. The van der Waals surface area contributed by atoms with Gasteiger partial charge in [-0.15, -0.1) is 0 Å². The quantitative estimate of drug-likeness (QED) is 0.150. The van der Waals surface area contributed by atoms with Crippen molar-refractivity contribution in [3.05, 3.63) is 59.4 Å². The third-order valence-corrected chi connectivity index (χ3v) is 6.57. The molecule has 0 heterocycles. The van der Waals surface area contributed by atoms with Crippen molar-refractivity contribution in [2.45, 2.75) is 71.6 Å². The predicted molar refractivity (Wildman–Crippen MR) is 154 cm³/mol. The van der Waals surface area contributed by atoms with Crippen molar-refractivity contribution in [3.63, 3.8) is 0 Å². The second kappa shape index (κ2) is 18.2. The van der Waals surface area contributed by atoms with Gasteiger partial charge in [-0.1, -0.05) is 32.4 Å². The van der Waals surface area contributed by atoms with Gasteiger partial charge in [-0.05, 0) is 67.1 Å². The van der Waals surface area contributed by atoms with E-state index in [0.29, 0.717) is 51.4 Å². The van der Waals surface area contributed by atoms with Crippen molar-refractivity contribution >= 4 is 17.5 Å². The Balaban J connectivity index is 1.71. The standard InChI is InChI=1S/C30H45FN4O5/c1-5-21(2)29(30(37)35-34-26-14-12-24(31)13-15-26)33-28(36)9-6-8-25(32)20-39-19-23-11-10-22(3)27(18-23)40-17-7-16-38-4/h10-15,18,21,25,29,34H,5-9,16-17,19-20,32H2,1-4H3,(H,33,36)(H,35,37). The van der Waals surface area contributed by atoms with Crippen molar-refractivity contribution in [1.29, 1.82) is 0 Å². The van der Waals surface area contributed by atoms with Gasteiger partial charge in [0, 0.05) is 32.6 Å². The Labute approximate surface area is 237 Å². The van der Waals surface area contributed by atoms with Gasteiger partial charge in [0.25, 0.3) is 5.91 Å². The number of amides is 2. The number of halogens is 1. The number of methoxy groups -OCH3 is 1. The maximum atomic E-state index is 13.1. The topological polar surface area (TPSA) is 124 Å². The van der Waals surface area contributed by atoms with Gasteiger partial charge in [0.2, 0.25) is 5.91 Å². The van der Waals surface area contributed by atoms with Crippen LogP contribution in [0, 0.1) is 18.7 Å². The second-order valence-electron chi connectivity index (χ2n) is 10.0. The van der Waals surface area contributed by atoms with E-state index >= 15 is 0 Å². The average molecular weight is 561 g/mol. The number of hydrogen-bond acceptors (Lipinski definition) is 7.